The lowest BCUT2D eigenvalue weighted by Gasteiger charge is -2.21. The Hall–Kier alpha value is -1.27. The summed E-state index contributed by atoms with van der Waals surface area (Å²) in [5.41, 5.74) is 0. The van der Waals surface area contributed by atoms with Crippen LogP contribution in [0, 0.1) is 17.8 Å². The number of amides is 2. The lowest BCUT2D eigenvalue weighted by atomic mass is 9.89. The van der Waals surface area contributed by atoms with E-state index in [1.165, 1.54) is 31.4 Å². The molecule has 0 spiro atoms. The normalized spacial score (nSPS) is 26.9. The molecule has 2 fully saturated rings. The molecule has 2 aliphatic carbocycles. The van der Waals surface area contributed by atoms with Crippen LogP contribution in [0.15, 0.2) is 29.2 Å². The molecule has 22 heavy (non-hydrogen) atoms. The van der Waals surface area contributed by atoms with E-state index in [2.05, 4.69) is 5.32 Å². The standard InChI is InChI=1S/C15H19ClN2O3S/c16-13-3-1-2-4-14(13)22(20,21)18-15(19)17-9-12-8-10-5-6-11(12)7-10/h1-4,10-12H,5-9H2,(H2,17,18,19). The van der Waals surface area contributed by atoms with Gasteiger partial charge in [-0.1, -0.05) is 30.2 Å². The van der Waals surface area contributed by atoms with Crippen LogP contribution < -0.4 is 10.0 Å². The van der Waals surface area contributed by atoms with Gasteiger partial charge in [0.25, 0.3) is 10.0 Å². The van der Waals surface area contributed by atoms with Gasteiger partial charge in [0, 0.05) is 6.54 Å². The molecule has 2 bridgehead atoms. The first-order chi connectivity index (χ1) is 10.5. The summed E-state index contributed by atoms with van der Waals surface area (Å²) in [7, 11) is -3.94. The minimum Gasteiger partial charge on any atom is -0.337 e. The molecule has 0 aliphatic heterocycles. The Morgan fingerprint density at radius 1 is 1.23 bits per heavy atom. The van der Waals surface area contributed by atoms with E-state index in [1.54, 1.807) is 12.1 Å². The van der Waals surface area contributed by atoms with E-state index in [1.807, 2.05) is 4.72 Å². The Balaban J connectivity index is 1.56. The van der Waals surface area contributed by atoms with Crippen molar-refractivity contribution in [2.75, 3.05) is 6.54 Å². The Kier molecular flexibility index (Phi) is 4.32. The summed E-state index contributed by atoms with van der Waals surface area (Å²) >= 11 is 5.86. The largest absolute Gasteiger partial charge is 0.337 e. The monoisotopic (exact) mass is 342 g/mol. The summed E-state index contributed by atoms with van der Waals surface area (Å²) < 4.78 is 26.3. The van der Waals surface area contributed by atoms with Gasteiger partial charge in [0.2, 0.25) is 0 Å². The van der Waals surface area contributed by atoms with E-state index in [-0.39, 0.29) is 9.92 Å². The van der Waals surface area contributed by atoms with Crippen LogP contribution in [0.3, 0.4) is 0 Å². The Morgan fingerprint density at radius 2 is 2.00 bits per heavy atom. The molecule has 3 atom stereocenters. The van der Waals surface area contributed by atoms with Crippen molar-refractivity contribution in [3.8, 4) is 0 Å². The van der Waals surface area contributed by atoms with Gasteiger partial charge in [-0.15, -0.1) is 0 Å². The number of sulfonamides is 1. The van der Waals surface area contributed by atoms with Crippen molar-refractivity contribution >= 4 is 27.7 Å². The van der Waals surface area contributed by atoms with Crippen LogP contribution in [0.5, 0.6) is 0 Å². The molecular formula is C15H19ClN2O3S. The first-order valence-corrected chi connectivity index (χ1v) is 9.37. The maximum absolute atomic E-state index is 12.1. The average molecular weight is 343 g/mol. The number of rotatable bonds is 4. The quantitative estimate of drug-likeness (QED) is 0.883. The smallest absolute Gasteiger partial charge is 0.328 e. The predicted molar refractivity (Wildman–Crippen MR) is 84.1 cm³/mol. The fourth-order valence-corrected chi connectivity index (χ4v) is 5.18. The fourth-order valence-electron chi connectivity index (χ4n) is 3.73. The molecule has 3 unspecified atom stereocenters. The van der Waals surface area contributed by atoms with E-state index >= 15 is 0 Å². The molecule has 5 nitrogen and oxygen atoms in total. The topological polar surface area (TPSA) is 75.3 Å². The molecule has 7 heteroatoms. The fraction of sp³-hybridized carbons (Fsp3) is 0.533. The average Bonchev–Trinajstić information content (AvgIpc) is 3.07. The molecule has 2 saturated carbocycles. The number of nitrogens with one attached hydrogen (secondary N) is 2. The van der Waals surface area contributed by atoms with Gasteiger partial charge in [0.15, 0.2) is 0 Å². The number of benzene rings is 1. The maximum Gasteiger partial charge on any atom is 0.328 e. The van der Waals surface area contributed by atoms with Gasteiger partial charge in [-0.2, -0.15) is 0 Å². The molecule has 0 aromatic heterocycles. The van der Waals surface area contributed by atoms with Crippen molar-refractivity contribution in [1.82, 2.24) is 10.0 Å². The second-order valence-corrected chi connectivity index (χ2v) is 8.24. The molecular weight excluding hydrogens is 324 g/mol. The number of urea groups is 1. The lowest BCUT2D eigenvalue weighted by Crippen LogP contribution is -2.42. The van der Waals surface area contributed by atoms with Crippen LogP contribution in [-0.2, 0) is 10.0 Å². The summed E-state index contributed by atoms with van der Waals surface area (Å²) in [6.07, 6.45) is 4.93. The molecule has 2 aliphatic rings. The Bertz CT molecular complexity index is 677. The van der Waals surface area contributed by atoms with Crippen molar-refractivity contribution in [2.45, 2.75) is 30.6 Å². The number of carbonyl (C=O) groups is 1. The van der Waals surface area contributed by atoms with Crippen LogP contribution in [0.25, 0.3) is 0 Å². The molecule has 0 heterocycles. The number of fused-ring (bicyclic) bond motifs is 2. The SMILES string of the molecule is O=C(NCC1CC2CCC1C2)NS(=O)(=O)c1ccccc1Cl. The third kappa shape index (κ3) is 3.22. The highest BCUT2D eigenvalue weighted by atomic mass is 35.5. The predicted octanol–water partition coefficient (Wildman–Crippen LogP) is 2.76. The first kappa shape index (κ1) is 15.6. The van der Waals surface area contributed by atoms with Crippen molar-refractivity contribution < 1.29 is 13.2 Å². The molecule has 120 valence electrons. The molecule has 1 aromatic rings. The zero-order chi connectivity index (χ0) is 15.7. The summed E-state index contributed by atoms with van der Waals surface area (Å²) in [4.78, 5) is 11.8. The highest BCUT2D eigenvalue weighted by molar-refractivity contribution is 7.90. The third-order valence-electron chi connectivity index (χ3n) is 4.76. The molecule has 3 rings (SSSR count). The number of halogens is 1. The first-order valence-electron chi connectivity index (χ1n) is 7.51. The van der Waals surface area contributed by atoms with Crippen molar-refractivity contribution in [3.05, 3.63) is 29.3 Å². The molecule has 0 radical (unpaired) electrons. The highest BCUT2D eigenvalue weighted by Crippen LogP contribution is 2.47. The second-order valence-electron chi connectivity index (χ2n) is 6.18. The van der Waals surface area contributed by atoms with Gasteiger partial charge in [0.1, 0.15) is 4.90 Å². The van der Waals surface area contributed by atoms with Gasteiger partial charge in [-0.25, -0.2) is 17.9 Å². The molecule has 1 aromatic carbocycles. The molecule has 2 amide bonds. The van der Waals surface area contributed by atoms with Crippen LogP contribution in [0.4, 0.5) is 4.79 Å². The van der Waals surface area contributed by atoms with Crippen LogP contribution in [0.2, 0.25) is 5.02 Å². The zero-order valence-electron chi connectivity index (χ0n) is 12.1. The molecule has 2 N–H and O–H groups in total. The van der Waals surface area contributed by atoms with Gasteiger partial charge in [-0.05, 0) is 49.1 Å². The summed E-state index contributed by atoms with van der Waals surface area (Å²) in [6.45, 7) is 0.533. The minimum absolute atomic E-state index is 0.0910. The Morgan fingerprint density at radius 3 is 2.64 bits per heavy atom. The molecule has 0 saturated heterocycles. The van der Waals surface area contributed by atoms with E-state index in [4.69, 9.17) is 11.6 Å². The van der Waals surface area contributed by atoms with Gasteiger partial charge in [0.05, 0.1) is 5.02 Å². The van der Waals surface area contributed by atoms with Crippen molar-refractivity contribution in [2.24, 2.45) is 17.8 Å². The lowest BCUT2D eigenvalue weighted by molar-refractivity contribution is 0.239. The van der Waals surface area contributed by atoms with Gasteiger partial charge >= 0.3 is 6.03 Å². The number of hydrogen-bond donors (Lipinski definition) is 2. The number of carbonyl (C=O) groups excluding carboxylic acids is 1. The van der Waals surface area contributed by atoms with E-state index < -0.39 is 16.1 Å². The van der Waals surface area contributed by atoms with Crippen LogP contribution in [-0.4, -0.2) is 21.0 Å². The summed E-state index contributed by atoms with van der Waals surface area (Å²) in [6, 6.07) is 5.35. The van der Waals surface area contributed by atoms with E-state index in [0.717, 1.165) is 12.3 Å². The van der Waals surface area contributed by atoms with E-state index in [0.29, 0.717) is 18.4 Å². The maximum atomic E-state index is 12.1. The van der Waals surface area contributed by atoms with Crippen LogP contribution in [0.1, 0.15) is 25.7 Å². The van der Waals surface area contributed by atoms with Crippen molar-refractivity contribution in [1.29, 1.82) is 0 Å². The van der Waals surface area contributed by atoms with E-state index in [9.17, 15) is 13.2 Å². The second kappa shape index (κ2) is 6.08. The van der Waals surface area contributed by atoms with Crippen molar-refractivity contribution in [3.63, 3.8) is 0 Å². The van der Waals surface area contributed by atoms with Gasteiger partial charge < -0.3 is 5.32 Å². The highest BCUT2D eigenvalue weighted by Gasteiger charge is 2.39. The Labute approximate surface area is 135 Å². The van der Waals surface area contributed by atoms with Crippen LogP contribution >= 0.6 is 11.6 Å². The zero-order valence-corrected chi connectivity index (χ0v) is 13.7. The third-order valence-corrected chi connectivity index (χ3v) is 6.59. The summed E-state index contributed by atoms with van der Waals surface area (Å²) in [5.74, 6) is 1.96. The minimum atomic E-state index is -3.94. The number of hydrogen-bond acceptors (Lipinski definition) is 3. The van der Waals surface area contributed by atoms with Gasteiger partial charge in [-0.3, -0.25) is 0 Å². The summed E-state index contributed by atoms with van der Waals surface area (Å²) in [5, 5.41) is 2.78.